The molecule has 0 spiro atoms. The van der Waals surface area contributed by atoms with E-state index < -0.39 is 11.7 Å². The van der Waals surface area contributed by atoms with E-state index in [4.69, 9.17) is 11.6 Å². The average molecular weight is 444 g/mol. The van der Waals surface area contributed by atoms with Crippen LogP contribution in [0.3, 0.4) is 0 Å². The van der Waals surface area contributed by atoms with E-state index in [0.29, 0.717) is 31.2 Å². The summed E-state index contributed by atoms with van der Waals surface area (Å²) in [6.07, 6.45) is 0.140. The molecule has 31 heavy (non-hydrogen) atoms. The van der Waals surface area contributed by atoms with Crippen molar-refractivity contribution in [2.45, 2.75) is 12.5 Å². The zero-order valence-electron chi connectivity index (χ0n) is 17.1. The van der Waals surface area contributed by atoms with Gasteiger partial charge in [0.1, 0.15) is 5.82 Å². The first-order valence-electron chi connectivity index (χ1n) is 10.2. The highest BCUT2D eigenvalue weighted by Gasteiger charge is 2.44. The Morgan fingerprint density at radius 3 is 2.35 bits per heavy atom. The molecule has 2 aromatic rings. The van der Waals surface area contributed by atoms with E-state index in [1.54, 1.807) is 46.0 Å². The first-order chi connectivity index (χ1) is 14.9. The molecule has 2 heterocycles. The molecule has 0 bridgehead atoms. The third kappa shape index (κ3) is 4.14. The molecule has 2 aromatic carbocycles. The van der Waals surface area contributed by atoms with Gasteiger partial charge in [-0.2, -0.15) is 0 Å². The molecule has 0 aromatic heterocycles. The average Bonchev–Trinajstić information content (AvgIpc) is 3.07. The fourth-order valence-corrected chi connectivity index (χ4v) is 4.61. The monoisotopic (exact) mass is 443 g/mol. The molecule has 8 heteroatoms. The highest BCUT2D eigenvalue weighted by atomic mass is 35.5. The molecule has 2 aliphatic rings. The molecule has 6 nitrogen and oxygen atoms in total. The number of carbonyl (C=O) groups is 3. The molecule has 2 aliphatic heterocycles. The number of piperazine rings is 1. The van der Waals surface area contributed by atoms with Crippen LogP contribution < -0.4 is 0 Å². The normalized spacial score (nSPS) is 21.5. The van der Waals surface area contributed by atoms with Crippen molar-refractivity contribution in [3.8, 4) is 0 Å². The van der Waals surface area contributed by atoms with Crippen molar-refractivity contribution in [3.05, 3.63) is 70.5 Å². The standard InChI is InChI=1S/C23H23ClFN3O3/c1-26-20(29)14-18(21(26)15-5-4-6-16(24)13-15)23(31)28-11-9-27(10-12-28)22(30)17-7-2-3-8-19(17)25/h2-8,13,18,21H,9-12,14H2,1H3. The van der Waals surface area contributed by atoms with E-state index in [0.717, 1.165) is 5.56 Å². The van der Waals surface area contributed by atoms with Gasteiger partial charge in [0.05, 0.1) is 17.5 Å². The summed E-state index contributed by atoms with van der Waals surface area (Å²) in [6, 6.07) is 12.7. The Morgan fingerprint density at radius 2 is 1.68 bits per heavy atom. The maximum atomic E-state index is 14.0. The molecule has 162 valence electrons. The third-order valence-corrected chi connectivity index (χ3v) is 6.31. The topological polar surface area (TPSA) is 60.9 Å². The van der Waals surface area contributed by atoms with Gasteiger partial charge >= 0.3 is 0 Å². The quantitative estimate of drug-likeness (QED) is 0.732. The predicted molar refractivity (Wildman–Crippen MR) is 114 cm³/mol. The number of amides is 3. The van der Waals surface area contributed by atoms with E-state index >= 15 is 0 Å². The van der Waals surface area contributed by atoms with Crippen molar-refractivity contribution >= 4 is 29.3 Å². The molecule has 0 N–H and O–H groups in total. The van der Waals surface area contributed by atoms with Gasteiger partial charge in [0.15, 0.2) is 0 Å². The summed E-state index contributed by atoms with van der Waals surface area (Å²) in [5, 5.41) is 0.553. The van der Waals surface area contributed by atoms with Crippen LogP contribution in [0.25, 0.3) is 0 Å². The van der Waals surface area contributed by atoms with Crippen LogP contribution in [0.1, 0.15) is 28.4 Å². The molecule has 0 aliphatic carbocycles. The lowest BCUT2D eigenvalue weighted by atomic mass is 9.92. The molecular weight excluding hydrogens is 421 g/mol. The smallest absolute Gasteiger partial charge is 0.256 e. The van der Waals surface area contributed by atoms with Crippen LogP contribution in [0, 0.1) is 11.7 Å². The van der Waals surface area contributed by atoms with Crippen LogP contribution >= 0.6 is 11.6 Å². The summed E-state index contributed by atoms with van der Waals surface area (Å²) in [5.74, 6) is -1.64. The zero-order valence-corrected chi connectivity index (χ0v) is 17.9. The summed E-state index contributed by atoms with van der Waals surface area (Å²) >= 11 is 6.13. The van der Waals surface area contributed by atoms with Gasteiger partial charge in [-0.3, -0.25) is 14.4 Å². The summed E-state index contributed by atoms with van der Waals surface area (Å²) in [5.41, 5.74) is 0.860. The number of benzene rings is 2. The second-order valence-corrected chi connectivity index (χ2v) is 8.35. The Morgan fingerprint density at radius 1 is 1.00 bits per heavy atom. The number of likely N-dealkylation sites (tertiary alicyclic amines) is 1. The van der Waals surface area contributed by atoms with Crippen molar-refractivity contribution < 1.29 is 18.8 Å². The third-order valence-electron chi connectivity index (χ3n) is 6.08. The number of hydrogen-bond acceptors (Lipinski definition) is 3. The number of carbonyl (C=O) groups excluding carboxylic acids is 3. The van der Waals surface area contributed by atoms with Crippen LogP contribution in [0.2, 0.25) is 5.02 Å². The van der Waals surface area contributed by atoms with Crippen molar-refractivity contribution in [2.24, 2.45) is 5.92 Å². The molecule has 4 rings (SSSR count). The molecule has 0 radical (unpaired) electrons. The largest absolute Gasteiger partial charge is 0.339 e. The second-order valence-electron chi connectivity index (χ2n) is 7.91. The first kappa shape index (κ1) is 21.3. The van der Waals surface area contributed by atoms with E-state index in [1.807, 2.05) is 12.1 Å². The minimum absolute atomic E-state index is 0.0336. The highest BCUT2D eigenvalue weighted by Crippen LogP contribution is 2.39. The fourth-order valence-electron chi connectivity index (χ4n) is 4.41. The van der Waals surface area contributed by atoms with Crippen molar-refractivity contribution in [2.75, 3.05) is 33.2 Å². The summed E-state index contributed by atoms with van der Waals surface area (Å²) in [7, 11) is 1.70. The minimum atomic E-state index is -0.553. The van der Waals surface area contributed by atoms with E-state index in [9.17, 15) is 18.8 Å². The van der Waals surface area contributed by atoms with Gasteiger partial charge in [-0.25, -0.2) is 4.39 Å². The zero-order chi connectivity index (χ0) is 22.1. The number of nitrogens with zero attached hydrogens (tertiary/aromatic N) is 3. The van der Waals surface area contributed by atoms with Gasteiger partial charge in [0, 0.05) is 44.7 Å². The van der Waals surface area contributed by atoms with Gasteiger partial charge in [-0.05, 0) is 29.8 Å². The van der Waals surface area contributed by atoms with Crippen LogP contribution in [0.15, 0.2) is 48.5 Å². The Bertz CT molecular complexity index is 1020. The van der Waals surface area contributed by atoms with E-state index in [2.05, 4.69) is 0 Å². The molecule has 2 fully saturated rings. The maximum Gasteiger partial charge on any atom is 0.256 e. The Balaban J connectivity index is 1.46. The van der Waals surface area contributed by atoms with Crippen LogP contribution in [-0.4, -0.2) is 65.6 Å². The molecule has 2 saturated heterocycles. The maximum absolute atomic E-state index is 14.0. The minimum Gasteiger partial charge on any atom is -0.339 e. The van der Waals surface area contributed by atoms with Crippen molar-refractivity contribution in [1.82, 2.24) is 14.7 Å². The molecule has 2 atom stereocenters. The summed E-state index contributed by atoms with van der Waals surface area (Å²) in [6.45, 7) is 1.32. The molecular formula is C23H23ClFN3O3. The predicted octanol–water partition coefficient (Wildman–Crippen LogP) is 2.98. The number of hydrogen-bond donors (Lipinski definition) is 0. The van der Waals surface area contributed by atoms with Gasteiger partial charge in [-0.15, -0.1) is 0 Å². The second kappa shape index (κ2) is 8.67. The summed E-state index contributed by atoms with van der Waals surface area (Å²) in [4.78, 5) is 43.2. The Labute approximate surface area is 185 Å². The fraction of sp³-hybridized carbons (Fsp3) is 0.348. The number of rotatable bonds is 3. The molecule has 3 amide bonds. The van der Waals surface area contributed by atoms with E-state index in [1.165, 1.54) is 12.1 Å². The lowest BCUT2D eigenvalue weighted by molar-refractivity contribution is -0.138. The van der Waals surface area contributed by atoms with Crippen LogP contribution in [-0.2, 0) is 9.59 Å². The van der Waals surface area contributed by atoms with Gasteiger partial charge in [-0.1, -0.05) is 35.9 Å². The van der Waals surface area contributed by atoms with Gasteiger partial charge < -0.3 is 14.7 Å². The Kier molecular flexibility index (Phi) is 5.96. The van der Waals surface area contributed by atoms with Crippen molar-refractivity contribution in [1.29, 1.82) is 0 Å². The van der Waals surface area contributed by atoms with Crippen molar-refractivity contribution in [3.63, 3.8) is 0 Å². The van der Waals surface area contributed by atoms with Gasteiger partial charge in [0.2, 0.25) is 11.8 Å². The van der Waals surface area contributed by atoms with Gasteiger partial charge in [0.25, 0.3) is 5.91 Å². The number of halogens is 2. The molecule has 2 unspecified atom stereocenters. The Hall–Kier alpha value is -2.93. The van der Waals surface area contributed by atoms with Crippen LogP contribution in [0.4, 0.5) is 4.39 Å². The lowest BCUT2D eigenvalue weighted by Gasteiger charge is -2.37. The molecule has 0 saturated carbocycles. The highest BCUT2D eigenvalue weighted by molar-refractivity contribution is 6.30. The summed E-state index contributed by atoms with van der Waals surface area (Å²) < 4.78 is 14.0. The SMILES string of the molecule is CN1C(=O)CC(C(=O)N2CCN(C(=O)c3ccccc3F)CC2)C1c1cccc(Cl)c1. The first-order valence-corrected chi connectivity index (χ1v) is 10.6. The van der Waals surface area contributed by atoms with Crippen LogP contribution in [0.5, 0.6) is 0 Å². The van der Waals surface area contributed by atoms with E-state index in [-0.39, 0.29) is 35.7 Å². The lowest BCUT2D eigenvalue weighted by Crippen LogP contribution is -2.52.